The number of ether oxygens (including phenoxy) is 1. The molecule has 9 heavy (non-hydrogen) atoms. The van der Waals surface area contributed by atoms with Gasteiger partial charge in [-0.2, -0.15) is 0 Å². The third kappa shape index (κ3) is 1.52. The summed E-state index contributed by atoms with van der Waals surface area (Å²) in [5.41, 5.74) is 0.942. The molecule has 0 amide bonds. The van der Waals surface area contributed by atoms with Crippen LogP contribution >= 0.6 is 0 Å². The molecule has 0 N–H and O–H groups in total. The monoisotopic (exact) mass is 162 g/mol. The van der Waals surface area contributed by atoms with Crippen LogP contribution in [0.15, 0.2) is 23.0 Å². The summed E-state index contributed by atoms with van der Waals surface area (Å²) >= 11 is 2.76. The topological polar surface area (TPSA) is 22.4 Å². The SMILES string of the molecule is CO[C](=[Cr])c1ccoc1. The van der Waals surface area contributed by atoms with Gasteiger partial charge in [0.2, 0.25) is 0 Å². The minimum absolute atomic E-state index is 0.753. The van der Waals surface area contributed by atoms with Gasteiger partial charge in [0.1, 0.15) is 0 Å². The van der Waals surface area contributed by atoms with Crippen LogP contribution in [0.5, 0.6) is 0 Å². The van der Waals surface area contributed by atoms with Crippen LogP contribution in [0.4, 0.5) is 0 Å². The maximum atomic E-state index is 4.90. The predicted octanol–water partition coefficient (Wildman–Crippen LogP) is 0.951. The van der Waals surface area contributed by atoms with Crippen molar-refractivity contribution in [3.05, 3.63) is 24.2 Å². The normalized spacial score (nSPS) is 9.44. The van der Waals surface area contributed by atoms with E-state index in [-0.39, 0.29) is 0 Å². The average Bonchev–Trinajstić information content (AvgIpc) is 2.37. The van der Waals surface area contributed by atoms with Crippen molar-refractivity contribution in [2.75, 3.05) is 7.11 Å². The van der Waals surface area contributed by atoms with Gasteiger partial charge in [-0.25, -0.2) is 0 Å². The van der Waals surface area contributed by atoms with Crippen LogP contribution in [0.25, 0.3) is 0 Å². The first-order valence-electron chi connectivity index (χ1n) is 2.45. The summed E-state index contributed by atoms with van der Waals surface area (Å²) in [4.78, 5) is 0. The average molecular weight is 162 g/mol. The van der Waals surface area contributed by atoms with Gasteiger partial charge in [0.15, 0.2) is 0 Å². The fraction of sp³-hybridized carbons (Fsp3) is 0.167. The minimum atomic E-state index is 0.753. The molecule has 0 bridgehead atoms. The summed E-state index contributed by atoms with van der Waals surface area (Å²) in [5.74, 6) is 0. The van der Waals surface area contributed by atoms with E-state index < -0.39 is 0 Å². The van der Waals surface area contributed by atoms with Crippen LogP contribution in [0.1, 0.15) is 5.56 Å². The maximum absolute atomic E-state index is 4.90. The van der Waals surface area contributed by atoms with Gasteiger partial charge < -0.3 is 0 Å². The van der Waals surface area contributed by atoms with E-state index >= 15 is 0 Å². The van der Waals surface area contributed by atoms with E-state index in [4.69, 9.17) is 9.15 Å². The summed E-state index contributed by atoms with van der Waals surface area (Å²) < 4.78 is 10.5. The molecule has 1 aromatic heterocycles. The molecule has 1 rings (SSSR count). The standard InChI is InChI=1S/C6H6O2.Cr/c1-7-4-6-2-3-8-5-6;/h2-3,5H,1H3;. The van der Waals surface area contributed by atoms with Crippen molar-refractivity contribution in [2.45, 2.75) is 0 Å². The number of rotatable bonds is 2. The molecule has 0 radical (unpaired) electrons. The molecule has 0 aliphatic heterocycles. The second kappa shape index (κ2) is 2.98. The van der Waals surface area contributed by atoms with E-state index in [2.05, 4.69) is 15.9 Å². The summed E-state index contributed by atoms with van der Waals surface area (Å²) in [6, 6.07) is 1.83. The van der Waals surface area contributed by atoms with Gasteiger partial charge in [0, 0.05) is 0 Å². The van der Waals surface area contributed by atoms with Crippen molar-refractivity contribution in [2.24, 2.45) is 0 Å². The van der Waals surface area contributed by atoms with Gasteiger partial charge in [0.25, 0.3) is 0 Å². The van der Waals surface area contributed by atoms with Gasteiger partial charge in [-0.15, -0.1) is 0 Å². The zero-order valence-corrected chi connectivity index (χ0v) is 6.23. The molecule has 2 nitrogen and oxygen atoms in total. The van der Waals surface area contributed by atoms with Crippen LogP contribution < -0.4 is 0 Å². The van der Waals surface area contributed by atoms with Crippen LogP contribution in [0.2, 0.25) is 0 Å². The van der Waals surface area contributed by atoms with E-state index in [1.54, 1.807) is 19.6 Å². The molecule has 0 spiro atoms. The first-order valence-corrected chi connectivity index (χ1v) is 3.09. The molecule has 0 atom stereocenters. The summed E-state index contributed by atoms with van der Waals surface area (Å²) in [6.07, 6.45) is 3.22. The van der Waals surface area contributed by atoms with Gasteiger partial charge in [-0.1, -0.05) is 0 Å². The molecule has 0 saturated carbocycles. The Morgan fingerprint density at radius 1 is 1.78 bits per heavy atom. The quantitative estimate of drug-likeness (QED) is 0.646. The van der Waals surface area contributed by atoms with Crippen molar-refractivity contribution < 1.29 is 25.0 Å². The molecule has 1 heterocycles. The van der Waals surface area contributed by atoms with E-state index in [0.29, 0.717) is 0 Å². The predicted molar refractivity (Wildman–Crippen MR) is 29.8 cm³/mol. The molecule has 3 heteroatoms. The summed E-state index contributed by atoms with van der Waals surface area (Å²) in [5, 5.41) is 0. The molecule has 0 aliphatic rings. The van der Waals surface area contributed by atoms with E-state index in [9.17, 15) is 0 Å². The number of hydrogen-bond donors (Lipinski definition) is 0. The molecule has 1 aromatic rings. The molecule has 0 aliphatic carbocycles. The van der Waals surface area contributed by atoms with Gasteiger partial charge in [0.05, 0.1) is 0 Å². The second-order valence-electron chi connectivity index (χ2n) is 1.50. The number of furan rings is 1. The molecule has 0 aromatic carbocycles. The third-order valence-corrected chi connectivity index (χ3v) is 1.57. The third-order valence-electron chi connectivity index (χ3n) is 0.942. The van der Waals surface area contributed by atoms with Crippen molar-refractivity contribution in [1.29, 1.82) is 0 Å². The molecular weight excluding hydrogens is 156 g/mol. The zero-order chi connectivity index (χ0) is 6.69. The van der Waals surface area contributed by atoms with Crippen LogP contribution in [0.3, 0.4) is 0 Å². The van der Waals surface area contributed by atoms with Crippen LogP contribution in [-0.2, 0) is 20.6 Å². The Morgan fingerprint density at radius 2 is 2.56 bits per heavy atom. The summed E-state index contributed by atoms with van der Waals surface area (Å²) in [7, 11) is 1.61. The second-order valence-corrected chi connectivity index (χ2v) is 2.08. The summed E-state index contributed by atoms with van der Waals surface area (Å²) in [6.45, 7) is 0. The molecule has 48 valence electrons. The van der Waals surface area contributed by atoms with Crippen molar-refractivity contribution in [3.63, 3.8) is 0 Å². The van der Waals surface area contributed by atoms with Crippen molar-refractivity contribution in [1.82, 2.24) is 0 Å². The zero-order valence-electron chi connectivity index (χ0n) is 4.96. The Hall–Kier alpha value is -0.358. The Bertz CT molecular complexity index is 191. The van der Waals surface area contributed by atoms with E-state index in [1.807, 2.05) is 6.07 Å². The Morgan fingerprint density at radius 3 is 3.00 bits per heavy atom. The Kier molecular flexibility index (Phi) is 2.24. The van der Waals surface area contributed by atoms with Crippen molar-refractivity contribution >= 4 is 4.57 Å². The molecule has 0 unspecified atom stereocenters. The molecular formula is C6H6CrO2. The Balaban J connectivity index is 2.77. The van der Waals surface area contributed by atoms with Crippen LogP contribution in [0, 0.1) is 0 Å². The van der Waals surface area contributed by atoms with E-state index in [1.165, 1.54) is 0 Å². The van der Waals surface area contributed by atoms with Gasteiger partial charge in [-0.3, -0.25) is 0 Å². The van der Waals surface area contributed by atoms with Crippen LogP contribution in [-0.4, -0.2) is 11.7 Å². The Labute approximate surface area is 61.4 Å². The number of methoxy groups -OCH3 is 1. The fourth-order valence-electron chi connectivity index (χ4n) is 0.498. The van der Waals surface area contributed by atoms with E-state index in [0.717, 1.165) is 10.1 Å². The van der Waals surface area contributed by atoms with Gasteiger partial charge in [-0.05, 0) is 0 Å². The first kappa shape index (κ1) is 6.76. The first-order chi connectivity index (χ1) is 4.34. The molecule has 0 fully saturated rings. The van der Waals surface area contributed by atoms with Gasteiger partial charge >= 0.3 is 60.8 Å². The molecule has 0 saturated heterocycles. The number of hydrogen-bond acceptors (Lipinski definition) is 2. The van der Waals surface area contributed by atoms with Crippen molar-refractivity contribution in [3.8, 4) is 0 Å². The fourth-order valence-corrected chi connectivity index (χ4v) is 0.680.